The molecular formula is C28H42N6. The zero-order valence-electron chi connectivity index (χ0n) is 21.7. The van der Waals surface area contributed by atoms with Crippen LogP contribution >= 0.6 is 0 Å². The van der Waals surface area contributed by atoms with Gasteiger partial charge in [-0.3, -0.25) is 0 Å². The lowest BCUT2D eigenvalue weighted by Crippen LogP contribution is -2.02. The Labute approximate surface area is 204 Å². The largest absolute Gasteiger partial charge is 0.184 e. The van der Waals surface area contributed by atoms with Gasteiger partial charge in [0, 0.05) is 10.8 Å². The molecule has 0 fully saturated rings. The zero-order chi connectivity index (χ0) is 23.9. The zero-order valence-corrected chi connectivity index (χ0v) is 21.7. The number of aryl methyl sites for hydroxylation is 4. The van der Waals surface area contributed by atoms with Crippen molar-refractivity contribution in [2.75, 3.05) is 0 Å². The second kappa shape index (κ2) is 11.8. The van der Waals surface area contributed by atoms with Gasteiger partial charge in [-0.1, -0.05) is 78.1 Å². The number of nitrogens with zero attached hydrogens (tertiary/aromatic N) is 6. The van der Waals surface area contributed by atoms with Crippen molar-refractivity contribution in [3.63, 3.8) is 0 Å². The summed E-state index contributed by atoms with van der Waals surface area (Å²) < 4.78 is 0. The van der Waals surface area contributed by atoms with Gasteiger partial charge in [0.25, 0.3) is 0 Å². The molecule has 0 aliphatic carbocycles. The van der Waals surface area contributed by atoms with Gasteiger partial charge in [-0.25, -0.2) is 0 Å². The van der Waals surface area contributed by atoms with E-state index in [1.165, 1.54) is 64.2 Å². The number of hydrogen-bond acceptors (Lipinski definition) is 4. The van der Waals surface area contributed by atoms with Gasteiger partial charge in [0.2, 0.25) is 0 Å². The summed E-state index contributed by atoms with van der Waals surface area (Å²) in [7, 11) is 0. The fourth-order valence-electron chi connectivity index (χ4n) is 4.97. The molecule has 6 nitrogen and oxygen atoms in total. The number of benzene rings is 2. The summed E-state index contributed by atoms with van der Waals surface area (Å²) in [6, 6.07) is 4.46. The second-order valence-corrected chi connectivity index (χ2v) is 10.0. The van der Waals surface area contributed by atoms with Crippen LogP contribution in [0, 0.1) is 13.8 Å². The van der Waals surface area contributed by atoms with Gasteiger partial charge >= 0.3 is 0 Å². The highest BCUT2D eigenvalue weighted by Crippen LogP contribution is 2.32. The van der Waals surface area contributed by atoms with Crippen LogP contribution in [0.2, 0.25) is 0 Å². The Morgan fingerprint density at radius 2 is 0.853 bits per heavy atom. The van der Waals surface area contributed by atoms with E-state index in [9.17, 15) is 0 Å². The summed E-state index contributed by atoms with van der Waals surface area (Å²) in [5, 5.41) is 21.8. The van der Waals surface area contributed by atoms with Crippen molar-refractivity contribution >= 4 is 32.8 Å². The van der Waals surface area contributed by atoms with Crippen LogP contribution in [0.25, 0.3) is 32.8 Å². The van der Waals surface area contributed by atoms with Crippen molar-refractivity contribution in [3.8, 4) is 0 Å². The summed E-state index contributed by atoms with van der Waals surface area (Å²) in [5.74, 6) is 0. The summed E-state index contributed by atoms with van der Waals surface area (Å²) >= 11 is 0. The Hall–Kier alpha value is -2.50. The van der Waals surface area contributed by atoms with Crippen LogP contribution in [0.5, 0.6) is 0 Å². The third-order valence-electron chi connectivity index (χ3n) is 7.00. The van der Waals surface area contributed by atoms with Crippen molar-refractivity contribution in [2.24, 2.45) is 0 Å². The fraction of sp³-hybridized carbons (Fsp3) is 0.643. The van der Waals surface area contributed by atoms with E-state index in [1.54, 1.807) is 0 Å². The van der Waals surface area contributed by atoms with E-state index < -0.39 is 0 Å². The minimum atomic E-state index is 0.886. The highest BCUT2D eigenvalue weighted by atomic mass is 15.5. The first kappa shape index (κ1) is 24.6. The number of unbranched alkanes of at least 4 members (excludes halogenated alkanes) is 10. The average Bonchev–Trinajstić information content (AvgIpc) is 3.45. The molecule has 0 amide bonds. The molecule has 4 rings (SSSR count). The van der Waals surface area contributed by atoms with Gasteiger partial charge in [0.1, 0.15) is 22.1 Å². The molecule has 0 aliphatic heterocycles. The third kappa shape index (κ3) is 5.59. The summed E-state index contributed by atoms with van der Waals surface area (Å²) in [6.45, 7) is 10.6. The van der Waals surface area contributed by atoms with Crippen molar-refractivity contribution < 1.29 is 0 Å². The summed E-state index contributed by atoms with van der Waals surface area (Å²) in [5.41, 5.74) is 6.33. The number of aromatic nitrogens is 6. The molecule has 184 valence electrons. The quantitative estimate of drug-likeness (QED) is 0.180. The van der Waals surface area contributed by atoms with Crippen LogP contribution < -0.4 is 0 Å². The maximum atomic E-state index is 4.93. The van der Waals surface area contributed by atoms with E-state index in [1.807, 2.05) is 9.59 Å². The van der Waals surface area contributed by atoms with Crippen LogP contribution in [0.15, 0.2) is 12.1 Å². The molecule has 0 spiro atoms. The van der Waals surface area contributed by atoms with Gasteiger partial charge in [0.05, 0.1) is 13.1 Å². The molecule has 0 radical (unpaired) electrons. The van der Waals surface area contributed by atoms with Crippen LogP contribution in [-0.4, -0.2) is 30.0 Å². The van der Waals surface area contributed by atoms with E-state index in [-0.39, 0.29) is 0 Å². The van der Waals surface area contributed by atoms with Crippen LogP contribution in [0.3, 0.4) is 0 Å². The maximum Gasteiger partial charge on any atom is 0.121 e. The Morgan fingerprint density at radius 3 is 1.26 bits per heavy atom. The van der Waals surface area contributed by atoms with Gasteiger partial charge in [-0.05, 0) is 49.9 Å². The Balaban J connectivity index is 1.54. The molecule has 2 aromatic carbocycles. The fourth-order valence-corrected chi connectivity index (χ4v) is 4.97. The van der Waals surface area contributed by atoms with Crippen LogP contribution in [-0.2, 0) is 13.1 Å². The number of hydrogen-bond donors (Lipinski definition) is 0. The molecular weight excluding hydrogens is 420 g/mol. The van der Waals surface area contributed by atoms with E-state index in [2.05, 4.69) is 39.8 Å². The molecule has 2 heterocycles. The predicted molar refractivity (Wildman–Crippen MR) is 142 cm³/mol. The molecule has 4 aromatic rings. The first-order chi connectivity index (χ1) is 16.6. The highest BCUT2D eigenvalue weighted by molar-refractivity contribution is 6.15. The molecule has 0 saturated carbocycles. The van der Waals surface area contributed by atoms with Crippen molar-refractivity contribution in [3.05, 3.63) is 23.3 Å². The smallest absolute Gasteiger partial charge is 0.121 e. The van der Waals surface area contributed by atoms with E-state index in [4.69, 9.17) is 20.4 Å². The molecule has 0 unspecified atom stereocenters. The lowest BCUT2D eigenvalue weighted by atomic mass is 10.0. The van der Waals surface area contributed by atoms with Gasteiger partial charge < -0.3 is 0 Å². The Morgan fingerprint density at radius 1 is 0.500 bits per heavy atom. The lowest BCUT2D eigenvalue weighted by Gasteiger charge is -2.03. The first-order valence-electron chi connectivity index (χ1n) is 13.6. The molecule has 0 aliphatic rings. The minimum Gasteiger partial charge on any atom is -0.184 e. The third-order valence-corrected chi connectivity index (χ3v) is 7.00. The highest BCUT2D eigenvalue weighted by Gasteiger charge is 2.17. The Bertz CT molecular complexity index is 1120. The summed E-state index contributed by atoms with van der Waals surface area (Å²) in [6.07, 6.45) is 15.3. The maximum absolute atomic E-state index is 4.93. The van der Waals surface area contributed by atoms with Gasteiger partial charge in [-0.15, -0.1) is 0 Å². The molecule has 0 saturated heterocycles. The topological polar surface area (TPSA) is 61.4 Å². The molecule has 0 N–H and O–H groups in total. The Kier molecular flexibility index (Phi) is 8.52. The van der Waals surface area contributed by atoms with E-state index in [0.29, 0.717) is 0 Å². The standard InChI is InChI=1S/C28H42N6/c1-5-7-9-11-13-15-17-33-29-25-21(3)19-24-23(27(25)31-33)20-22(4)26-28(24)32-34(30-26)18-16-14-12-10-8-6-2/h19-20H,5-18H2,1-4H3. The average molecular weight is 463 g/mol. The van der Waals surface area contributed by atoms with Gasteiger partial charge in [-0.2, -0.15) is 30.0 Å². The number of rotatable bonds is 14. The first-order valence-corrected chi connectivity index (χ1v) is 13.6. The molecule has 0 bridgehead atoms. The van der Waals surface area contributed by atoms with Crippen LogP contribution in [0.1, 0.15) is 102 Å². The van der Waals surface area contributed by atoms with Crippen molar-refractivity contribution in [1.29, 1.82) is 0 Å². The van der Waals surface area contributed by atoms with Crippen molar-refractivity contribution in [1.82, 2.24) is 30.0 Å². The molecule has 6 heteroatoms. The minimum absolute atomic E-state index is 0.886. The molecule has 0 atom stereocenters. The predicted octanol–water partition coefficient (Wildman–Crippen LogP) is 7.67. The number of fused-ring (bicyclic) bond motifs is 5. The normalized spacial score (nSPS) is 12.0. The monoisotopic (exact) mass is 462 g/mol. The lowest BCUT2D eigenvalue weighted by molar-refractivity contribution is 0.488. The van der Waals surface area contributed by atoms with E-state index >= 15 is 0 Å². The molecule has 34 heavy (non-hydrogen) atoms. The molecule has 2 aromatic heterocycles. The van der Waals surface area contributed by atoms with E-state index in [0.717, 1.165) is 69.9 Å². The van der Waals surface area contributed by atoms with Gasteiger partial charge in [0.15, 0.2) is 0 Å². The summed E-state index contributed by atoms with van der Waals surface area (Å²) in [4.78, 5) is 3.82. The van der Waals surface area contributed by atoms with Crippen LogP contribution in [0.4, 0.5) is 0 Å². The van der Waals surface area contributed by atoms with Crippen molar-refractivity contribution in [2.45, 2.75) is 118 Å². The SMILES string of the molecule is CCCCCCCCn1nc2c(C)cc3c(cc(C)c4nn(CCCCCCCC)nc43)c2n1. The second-order valence-electron chi connectivity index (χ2n) is 10.0.